The summed E-state index contributed by atoms with van der Waals surface area (Å²) in [6.07, 6.45) is -1.71. The highest BCUT2D eigenvalue weighted by molar-refractivity contribution is 7.16. The van der Waals surface area contributed by atoms with E-state index in [4.69, 9.17) is 9.47 Å². The Morgan fingerprint density at radius 1 is 1.13 bits per heavy atom. The minimum atomic E-state index is -3.43. The Kier molecular flexibility index (Phi) is 10.2. The minimum absolute atomic E-state index is 0.00343. The third-order valence-electron chi connectivity index (χ3n) is 6.66. The van der Waals surface area contributed by atoms with E-state index >= 15 is 8.78 Å². The second-order valence-corrected chi connectivity index (χ2v) is 10.5. The number of likely N-dealkylation sites (N-methyl/N-ethyl adjacent to an activating group) is 1. The van der Waals surface area contributed by atoms with Crippen LogP contribution in [0.2, 0.25) is 0 Å². The number of rotatable bonds is 9. The Morgan fingerprint density at radius 3 is 2.26 bits per heavy atom. The predicted molar refractivity (Wildman–Crippen MR) is 142 cm³/mol. The number of benzene rings is 1. The zero-order valence-electron chi connectivity index (χ0n) is 23.1. The van der Waals surface area contributed by atoms with Crippen molar-refractivity contribution in [1.82, 2.24) is 15.5 Å². The molecular formula is C26H36F2N3O7P. The van der Waals surface area contributed by atoms with Crippen molar-refractivity contribution in [3.8, 4) is 5.75 Å². The Labute approximate surface area is 228 Å². The van der Waals surface area contributed by atoms with Gasteiger partial charge in [-0.1, -0.05) is 13.8 Å². The number of aryl methyl sites for hydroxylation is 1. The summed E-state index contributed by atoms with van der Waals surface area (Å²) in [5.41, 5.74) is -0.821. The maximum atomic E-state index is 15.0. The average molecular weight is 572 g/mol. The van der Waals surface area contributed by atoms with Gasteiger partial charge in [-0.3, -0.25) is 24.0 Å². The lowest BCUT2D eigenvalue weighted by atomic mass is 9.81. The van der Waals surface area contributed by atoms with Crippen molar-refractivity contribution in [2.45, 2.75) is 72.6 Å². The van der Waals surface area contributed by atoms with E-state index in [9.17, 15) is 24.0 Å². The van der Waals surface area contributed by atoms with Gasteiger partial charge < -0.3 is 25.0 Å². The Hall–Kier alpha value is -3.14. The van der Waals surface area contributed by atoms with Crippen molar-refractivity contribution in [3.63, 3.8) is 0 Å². The van der Waals surface area contributed by atoms with Gasteiger partial charge in [0.2, 0.25) is 12.0 Å². The zero-order valence-corrected chi connectivity index (χ0v) is 24.3. The van der Waals surface area contributed by atoms with Crippen molar-refractivity contribution in [2.24, 2.45) is 5.41 Å². The molecule has 1 aromatic carbocycles. The molecule has 10 nitrogen and oxygen atoms in total. The fraction of sp³-hybridized carbons (Fsp3) is 0.577. The lowest BCUT2D eigenvalue weighted by Gasteiger charge is -2.34. The van der Waals surface area contributed by atoms with Crippen molar-refractivity contribution in [2.75, 3.05) is 19.3 Å². The number of ether oxygens (including phenoxy) is 2. The standard InChI is InChI=1S/C26H36F2N3O7P/c1-8-29-23(35)21-25(6,7)26(27,28)12-31(21)24(36)20(38-16(5)33)18(11-39)30-22(34)17-9-13(2)10-19(14(17)3)37-15(4)32/h9-10,18,20-21H,8,11-12,39H2,1-7H3,(H,29,35)(H,30,34). The summed E-state index contributed by atoms with van der Waals surface area (Å²) >= 11 is 0. The molecule has 0 saturated carbocycles. The maximum Gasteiger partial charge on any atom is 0.308 e. The van der Waals surface area contributed by atoms with Crippen LogP contribution in [0.15, 0.2) is 12.1 Å². The first-order chi connectivity index (χ1) is 18.0. The molecule has 4 atom stereocenters. The summed E-state index contributed by atoms with van der Waals surface area (Å²) in [5, 5.41) is 5.13. The van der Waals surface area contributed by atoms with E-state index in [1.807, 2.05) is 0 Å². The molecule has 2 rings (SSSR count). The predicted octanol–water partition coefficient (Wildman–Crippen LogP) is 2.14. The maximum absolute atomic E-state index is 15.0. The third-order valence-corrected chi connectivity index (χ3v) is 7.17. The molecule has 0 spiro atoms. The van der Waals surface area contributed by atoms with Crippen LogP contribution in [-0.2, 0) is 23.9 Å². The van der Waals surface area contributed by atoms with Gasteiger partial charge in [-0.2, -0.15) is 0 Å². The van der Waals surface area contributed by atoms with E-state index in [1.54, 1.807) is 32.9 Å². The third kappa shape index (κ3) is 6.90. The van der Waals surface area contributed by atoms with E-state index in [2.05, 4.69) is 19.9 Å². The van der Waals surface area contributed by atoms with Crippen LogP contribution in [0.25, 0.3) is 0 Å². The molecule has 39 heavy (non-hydrogen) atoms. The van der Waals surface area contributed by atoms with E-state index in [0.717, 1.165) is 11.8 Å². The van der Waals surface area contributed by atoms with Gasteiger partial charge in [-0.05, 0) is 44.6 Å². The number of hydrogen-bond acceptors (Lipinski definition) is 7. The number of nitrogens with one attached hydrogen (secondary N) is 2. The molecule has 1 heterocycles. The average Bonchev–Trinajstić information content (AvgIpc) is 3.01. The van der Waals surface area contributed by atoms with Gasteiger partial charge in [0.15, 0.2) is 0 Å². The van der Waals surface area contributed by atoms with Crippen molar-refractivity contribution in [1.29, 1.82) is 0 Å². The van der Waals surface area contributed by atoms with Crippen LogP contribution in [0.4, 0.5) is 8.78 Å². The zero-order chi connectivity index (χ0) is 29.9. The summed E-state index contributed by atoms with van der Waals surface area (Å²) in [6.45, 7) is 8.61. The van der Waals surface area contributed by atoms with Gasteiger partial charge in [0.05, 0.1) is 18.0 Å². The molecule has 216 valence electrons. The van der Waals surface area contributed by atoms with Gasteiger partial charge in [0.1, 0.15) is 11.8 Å². The number of hydrogen-bond donors (Lipinski definition) is 2. The van der Waals surface area contributed by atoms with Gasteiger partial charge in [0, 0.05) is 31.5 Å². The first-order valence-corrected chi connectivity index (χ1v) is 13.2. The summed E-state index contributed by atoms with van der Waals surface area (Å²) in [7, 11) is 2.32. The van der Waals surface area contributed by atoms with E-state index in [1.165, 1.54) is 20.8 Å². The van der Waals surface area contributed by atoms with Gasteiger partial charge in [-0.25, -0.2) is 8.78 Å². The largest absolute Gasteiger partial charge is 0.450 e. The molecule has 1 aliphatic heterocycles. The molecule has 0 aromatic heterocycles. The number of carbonyl (C=O) groups excluding carboxylic acids is 5. The number of halogens is 2. The number of nitrogens with zero attached hydrogens (tertiary/aromatic N) is 1. The van der Waals surface area contributed by atoms with Crippen molar-refractivity contribution >= 4 is 38.9 Å². The number of amides is 3. The molecule has 13 heteroatoms. The summed E-state index contributed by atoms with van der Waals surface area (Å²) in [4.78, 5) is 64.0. The monoisotopic (exact) mass is 571 g/mol. The molecular weight excluding hydrogens is 535 g/mol. The minimum Gasteiger partial charge on any atom is -0.450 e. The van der Waals surface area contributed by atoms with Gasteiger partial charge in [-0.15, -0.1) is 9.24 Å². The van der Waals surface area contributed by atoms with Crippen LogP contribution in [0, 0.1) is 19.3 Å². The quantitative estimate of drug-likeness (QED) is 0.264. The normalized spacial score (nSPS) is 19.0. The van der Waals surface area contributed by atoms with Gasteiger partial charge in [0.25, 0.3) is 17.7 Å². The topological polar surface area (TPSA) is 131 Å². The van der Waals surface area contributed by atoms with Crippen LogP contribution >= 0.6 is 9.24 Å². The molecule has 1 fully saturated rings. The number of likely N-dealkylation sites (tertiary alicyclic amines) is 1. The molecule has 2 N–H and O–H groups in total. The molecule has 1 saturated heterocycles. The molecule has 3 amide bonds. The van der Waals surface area contributed by atoms with E-state index in [-0.39, 0.29) is 24.0 Å². The van der Waals surface area contributed by atoms with Crippen molar-refractivity contribution in [3.05, 3.63) is 28.8 Å². The molecule has 4 unspecified atom stereocenters. The summed E-state index contributed by atoms with van der Waals surface area (Å²) in [6, 6.07) is 0.421. The smallest absolute Gasteiger partial charge is 0.308 e. The Bertz CT molecular complexity index is 1160. The SMILES string of the molecule is CCNC(=O)C1N(C(=O)C(OC(C)=O)C(CP)NC(=O)c2cc(C)cc(OC(C)=O)c2C)CC(F)(F)C1(C)C. The second-order valence-electron chi connectivity index (χ2n) is 10.1. The Balaban J connectivity index is 2.48. The van der Waals surface area contributed by atoms with E-state index < -0.39 is 65.7 Å². The number of esters is 2. The van der Waals surface area contributed by atoms with Crippen LogP contribution in [0.3, 0.4) is 0 Å². The van der Waals surface area contributed by atoms with Crippen LogP contribution < -0.4 is 15.4 Å². The second kappa shape index (κ2) is 12.4. The molecule has 0 bridgehead atoms. The number of alkyl halides is 2. The lowest BCUT2D eigenvalue weighted by Crippen LogP contribution is -2.58. The fourth-order valence-electron chi connectivity index (χ4n) is 4.52. The van der Waals surface area contributed by atoms with Crippen LogP contribution in [-0.4, -0.2) is 77.9 Å². The molecule has 0 radical (unpaired) electrons. The molecule has 0 aliphatic carbocycles. The summed E-state index contributed by atoms with van der Waals surface area (Å²) in [5.74, 6) is -7.19. The first kappa shape index (κ1) is 32.1. The van der Waals surface area contributed by atoms with Crippen LogP contribution in [0.5, 0.6) is 5.75 Å². The highest BCUT2D eigenvalue weighted by Crippen LogP contribution is 2.48. The Morgan fingerprint density at radius 2 is 1.74 bits per heavy atom. The fourth-order valence-corrected chi connectivity index (χ4v) is 4.88. The first-order valence-electron chi connectivity index (χ1n) is 12.4. The van der Waals surface area contributed by atoms with Crippen molar-refractivity contribution < 1.29 is 42.2 Å². The highest BCUT2D eigenvalue weighted by atomic mass is 31.0. The molecule has 1 aliphatic rings. The highest BCUT2D eigenvalue weighted by Gasteiger charge is 2.64. The van der Waals surface area contributed by atoms with E-state index in [0.29, 0.717) is 11.1 Å². The van der Waals surface area contributed by atoms with Gasteiger partial charge >= 0.3 is 11.9 Å². The number of carbonyl (C=O) groups is 5. The molecule has 1 aromatic rings. The van der Waals surface area contributed by atoms with Crippen LogP contribution in [0.1, 0.15) is 56.1 Å². The lowest BCUT2D eigenvalue weighted by molar-refractivity contribution is -0.162. The summed E-state index contributed by atoms with van der Waals surface area (Å²) < 4.78 is 40.5.